The molecule has 0 unspecified atom stereocenters. The van der Waals surface area contributed by atoms with Gasteiger partial charge in [-0.3, -0.25) is 0 Å². The van der Waals surface area contributed by atoms with E-state index in [9.17, 15) is 9.90 Å². The topological polar surface area (TPSA) is 50.2 Å². The van der Waals surface area contributed by atoms with E-state index in [1.807, 2.05) is 26.0 Å². The summed E-state index contributed by atoms with van der Waals surface area (Å²) in [4.78, 5) is 16.0. The molecule has 2 aromatic rings. The molecule has 19 heavy (non-hydrogen) atoms. The third kappa shape index (κ3) is 2.99. The Labute approximate surface area is 128 Å². The Hall–Kier alpha value is -0.910. The minimum Gasteiger partial charge on any atom is -0.477 e. The lowest BCUT2D eigenvalue weighted by atomic mass is 10.1. The number of hydrogen-bond acceptors (Lipinski definition) is 3. The van der Waals surface area contributed by atoms with Gasteiger partial charge in [0.15, 0.2) is 0 Å². The van der Waals surface area contributed by atoms with Gasteiger partial charge in [0.1, 0.15) is 9.88 Å². The lowest BCUT2D eigenvalue weighted by molar-refractivity contribution is 0.0700. The van der Waals surface area contributed by atoms with Gasteiger partial charge < -0.3 is 5.11 Å². The van der Waals surface area contributed by atoms with Crippen molar-refractivity contribution in [3.63, 3.8) is 0 Å². The van der Waals surface area contributed by atoms with Crippen LogP contribution in [0.15, 0.2) is 22.7 Å². The van der Waals surface area contributed by atoms with Gasteiger partial charge in [-0.25, -0.2) is 9.78 Å². The van der Waals surface area contributed by atoms with Crippen molar-refractivity contribution in [1.82, 2.24) is 4.98 Å². The first-order valence-electron chi connectivity index (χ1n) is 5.59. The van der Waals surface area contributed by atoms with Crippen LogP contribution in [0.2, 0.25) is 5.02 Å². The second kappa shape index (κ2) is 5.61. The van der Waals surface area contributed by atoms with Gasteiger partial charge >= 0.3 is 5.97 Å². The molecule has 0 aliphatic carbocycles. The molecule has 6 heteroatoms. The van der Waals surface area contributed by atoms with Crippen LogP contribution in [0.25, 0.3) is 10.6 Å². The fourth-order valence-electron chi connectivity index (χ4n) is 1.65. The average molecular weight is 361 g/mol. The number of halogens is 2. The molecule has 0 saturated heterocycles. The van der Waals surface area contributed by atoms with Crippen LogP contribution >= 0.6 is 38.9 Å². The van der Waals surface area contributed by atoms with Gasteiger partial charge in [-0.2, -0.15) is 0 Å². The normalized spacial score (nSPS) is 11.0. The van der Waals surface area contributed by atoms with Crippen molar-refractivity contribution < 1.29 is 9.90 Å². The largest absolute Gasteiger partial charge is 0.477 e. The highest BCUT2D eigenvalue weighted by atomic mass is 79.9. The highest BCUT2D eigenvalue weighted by Gasteiger charge is 2.21. The number of aromatic carboxylic acids is 1. The van der Waals surface area contributed by atoms with Gasteiger partial charge in [-0.15, -0.1) is 11.3 Å². The third-order valence-electron chi connectivity index (χ3n) is 2.55. The maximum Gasteiger partial charge on any atom is 0.347 e. The van der Waals surface area contributed by atoms with Gasteiger partial charge in [0, 0.05) is 10.0 Å². The summed E-state index contributed by atoms with van der Waals surface area (Å²) in [5, 5.41) is 10.4. The van der Waals surface area contributed by atoms with Gasteiger partial charge in [0.2, 0.25) is 0 Å². The third-order valence-corrected chi connectivity index (χ3v) is 4.47. The molecule has 2 rings (SSSR count). The zero-order valence-electron chi connectivity index (χ0n) is 10.3. The van der Waals surface area contributed by atoms with Crippen LogP contribution in [-0.4, -0.2) is 16.1 Å². The van der Waals surface area contributed by atoms with Crippen molar-refractivity contribution in [2.75, 3.05) is 0 Å². The van der Waals surface area contributed by atoms with E-state index in [1.165, 1.54) is 0 Å². The van der Waals surface area contributed by atoms with E-state index in [2.05, 4.69) is 20.9 Å². The molecule has 3 nitrogen and oxygen atoms in total. The lowest BCUT2D eigenvalue weighted by Gasteiger charge is -2.02. The smallest absolute Gasteiger partial charge is 0.347 e. The van der Waals surface area contributed by atoms with Gasteiger partial charge in [-0.1, -0.05) is 41.4 Å². The predicted molar refractivity (Wildman–Crippen MR) is 81.3 cm³/mol. The van der Waals surface area contributed by atoms with Crippen LogP contribution in [0.1, 0.15) is 35.1 Å². The molecular formula is C13H11BrClNO2S. The molecule has 1 N–H and O–H groups in total. The first-order valence-corrected chi connectivity index (χ1v) is 7.58. The summed E-state index contributed by atoms with van der Waals surface area (Å²) in [6.07, 6.45) is 0. The summed E-state index contributed by atoms with van der Waals surface area (Å²) in [7, 11) is 0. The number of carbonyl (C=O) groups is 1. The molecule has 1 aromatic carbocycles. The molecule has 0 fully saturated rings. The Morgan fingerprint density at radius 2 is 2.16 bits per heavy atom. The zero-order chi connectivity index (χ0) is 14.2. The summed E-state index contributed by atoms with van der Waals surface area (Å²) >= 11 is 10.7. The van der Waals surface area contributed by atoms with E-state index in [-0.39, 0.29) is 10.8 Å². The van der Waals surface area contributed by atoms with Gasteiger partial charge in [0.05, 0.1) is 10.7 Å². The second-order valence-corrected chi connectivity index (χ2v) is 6.64. The highest BCUT2D eigenvalue weighted by Crippen LogP contribution is 2.36. The number of aromatic nitrogens is 1. The van der Waals surface area contributed by atoms with E-state index in [1.54, 1.807) is 6.07 Å². The molecule has 0 radical (unpaired) electrons. The molecule has 100 valence electrons. The minimum absolute atomic E-state index is 0.0574. The molecular weight excluding hydrogens is 350 g/mol. The number of carboxylic acid groups (broad SMARTS) is 1. The quantitative estimate of drug-likeness (QED) is 0.833. The molecule has 0 amide bonds. The Morgan fingerprint density at radius 1 is 1.47 bits per heavy atom. The SMILES string of the molecule is CC(C)c1nc(-c2cc(Br)ccc2Cl)sc1C(=O)O. The number of nitrogens with zero attached hydrogens (tertiary/aromatic N) is 1. The average Bonchev–Trinajstić information content (AvgIpc) is 2.77. The summed E-state index contributed by atoms with van der Waals surface area (Å²) in [5.74, 6) is -0.888. The number of thiazole rings is 1. The zero-order valence-corrected chi connectivity index (χ0v) is 13.4. The van der Waals surface area contributed by atoms with E-state index in [0.29, 0.717) is 15.7 Å². The van der Waals surface area contributed by atoms with Crippen LogP contribution in [-0.2, 0) is 0 Å². The van der Waals surface area contributed by atoms with Crippen LogP contribution in [0.4, 0.5) is 0 Å². The molecule has 0 bridgehead atoms. The van der Waals surface area contributed by atoms with E-state index >= 15 is 0 Å². The van der Waals surface area contributed by atoms with Crippen LogP contribution in [0, 0.1) is 0 Å². The second-order valence-electron chi connectivity index (χ2n) is 4.32. The van der Waals surface area contributed by atoms with Crippen molar-refractivity contribution in [3.05, 3.63) is 38.3 Å². The Morgan fingerprint density at radius 3 is 2.68 bits per heavy atom. The molecule has 0 aliphatic rings. The Balaban J connectivity index is 2.60. The monoisotopic (exact) mass is 359 g/mol. The Bertz CT molecular complexity index is 640. The van der Waals surface area contributed by atoms with Crippen LogP contribution in [0.5, 0.6) is 0 Å². The lowest BCUT2D eigenvalue weighted by Crippen LogP contribution is -2.00. The van der Waals surface area contributed by atoms with E-state index in [0.717, 1.165) is 21.4 Å². The molecule has 0 aliphatic heterocycles. The molecule has 0 atom stereocenters. The summed E-state index contributed by atoms with van der Waals surface area (Å²) < 4.78 is 0.880. The van der Waals surface area contributed by atoms with Crippen molar-refractivity contribution in [2.45, 2.75) is 19.8 Å². The number of rotatable bonds is 3. The van der Waals surface area contributed by atoms with Gasteiger partial charge in [0.25, 0.3) is 0 Å². The molecule has 0 saturated carbocycles. The summed E-state index contributed by atoms with van der Waals surface area (Å²) in [5.41, 5.74) is 1.35. The molecule has 1 aromatic heterocycles. The fourth-order valence-corrected chi connectivity index (χ4v) is 3.37. The summed E-state index contributed by atoms with van der Waals surface area (Å²) in [6, 6.07) is 5.44. The first-order chi connectivity index (χ1) is 8.90. The Kier molecular flexibility index (Phi) is 4.28. The van der Waals surface area contributed by atoms with Crippen molar-refractivity contribution in [2.24, 2.45) is 0 Å². The van der Waals surface area contributed by atoms with E-state index in [4.69, 9.17) is 11.6 Å². The highest BCUT2D eigenvalue weighted by molar-refractivity contribution is 9.10. The van der Waals surface area contributed by atoms with Crippen LogP contribution < -0.4 is 0 Å². The maximum absolute atomic E-state index is 11.3. The predicted octanol–water partition coefficient (Wildman–Crippen LogP) is 5.05. The van der Waals surface area contributed by atoms with Crippen molar-refractivity contribution in [1.29, 1.82) is 0 Å². The minimum atomic E-state index is -0.946. The number of carboxylic acids is 1. The molecule has 0 spiro atoms. The maximum atomic E-state index is 11.3. The van der Waals surface area contributed by atoms with Gasteiger partial charge in [-0.05, 0) is 24.1 Å². The first kappa shape index (κ1) is 14.5. The van der Waals surface area contributed by atoms with Crippen LogP contribution in [0.3, 0.4) is 0 Å². The number of hydrogen-bond donors (Lipinski definition) is 1. The molecule has 1 heterocycles. The fraction of sp³-hybridized carbons (Fsp3) is 0.231. The van der Waals surface area contributed by atoms with Crippen molar-refractivity contribution in [3.8, 4) is 10.6 Å². The standard InChI is InChI=1S/C13H11BrClNO2S/c1-6(2)10-11(13(17)18)19-12(16-10)8-5-7(14)3-4-9(8)15/h3-6H,1-2H3,(H,17,18). The summed E-state index contributed by atoms with van der Waals surface area (Å²) in [6.45, 7) is 3.85. The van der Waals surface area contributed by atoms with Crippen molar-refractivity contribution >= 4 is 44.8 Å². The number of benzene rings is 1. The van der Waals surface area contributed by atoms with E-state index < -0.39 is 5.97 Å².